The Kier molecular flexibility index (Phi) is 9.18. The van der Waals surface area contributed by atoms with Crippen molar-refractivity contribution in [3.63, 3.8) is 0 Å². The lowest BCUT2D eigenvalue weighted by molar-refractivity contribution is -0.274. The smallest absolute Gasteiger partial charge is 0.406 e. The standard InChI is InChI=1S/C16H16BrF3N2OS.2ClH/c17-14-6-5-13(24-14)15(22-9-7-21-8-10-22)11-1-3-12(4-2-11)23-16(18,19)20;;/h1-6,15,21H,7-10H2;2*1H/t15-;;/m1../s1. The van der Waals surface area contributed by atoms with E-state index in [9.17, 15) is 13.2 Å². The van der Waals surface area contributed by atoms with Gasteiger partial charge in [0.1, 0.15) is 5.75 Å². The number of halogens is 6. The van der Waals surface area contributed by atoms with Crippen LogP contribution >= 0.6 is 52.1 Å². The first-order valence-electron chi connectivity index (χ1n) is 7.48. The summed E-state index contributed by atoms with van der Waals surface area (Å²) < 4.78 is 42.0. The summed E-state index contributed by atoms with van der Waals surface area (Å²) in [5.74, 6) is -0.197. The molecule has 3 rings (SSSR count). The van der Waals surface area contributed by atoms with E-state index in [4.69, 9.17) is 0 Å². The first kappa shape index (κ1) is 23.5. The Hall–Kier alpha value is -0.510. The Morgan fingerprint density at radius 2 is 1.65 bits per heavy atom. The number of ether oxygens (including phenoxy) is 1. The van der Waals surface area contributed by atoms with Gasteiger partial charge in [0, 0.05) is 31.1 Å². The SMILES string of the molecule is Cl.Cl.FC(F)(F)Oc1ccc([C@H](c2ccc(Br)s2)N2CCNCC2)cc1. The molecule has 1 aliphatic rings. The number of nitrogens with one attached hydrogen (secondary N) is 1. The van der Waals surface area contributed by atoms with Crippen LogP contribution in [0.25, 0.3) is 0 Å². The van der Waals surface area contributed by atoms with Gasteiger partial charge in [-0.15, -0.1) is 49.3 Å². The van der Waals surface area contributed by atoms with Crippen LogP contribution in [-0.4, -0.2) is 37.4 Å². The summed E-state index contributed by atoms with van der Waals surface area (Å²) in [7, 11) is 0. The van der Waals surface area contributed by atoms with Gasteiger partial charge in [-0.1, -0.05) is 12.1 Å². The molecule has 1 aromatic heterocycles. The number of thiophene rings is 1. The van der Waals surface area contributed by atoms with Gasteiger partial charge >= 0.3 is 6.36 Å². The van der Waals surface area contributed by atoms with Crippen LogP contribution in [0.15, 0.2) is 40.2 Å². The molecule has 2 heterocycles. The maximum absolute atomic E-state index is 12.3. The molecule has 0 spiro atoms. The van der Waals surface area contributed by atoms with Gasteiger partial charge < -0.3 is 10.1 Å². The molecule has 1 fully saturated rings. The maximum Gasteiger partial charge on any atom is 0.573 e. The van der Waals surface area contributed by atoms with Crippen LogP contribution in [0.3, 0.4) is 0 Å². The highest BCUT2D eigenvalue weighted by Crippen LogP contribution is 2.36. The van der Waals surface area contributed by atoms with Crippen molar-refractivity contribution >= 4 is 52.1 Å². The number of alkyl halides is 3. The van der Waals surface area contributed by atoms with Gasteiger partial charge in [0.2, 0.25) is 0 Å². The van der Waals surface area contributed by atoms with Gasteiger partial charge in [0.05, 0.1) is 9.83 Å². The highest BCUT2D eigenvalue weighted by atomic mass is 79.9. The molecule has 3 nitrogen and oxygen atoms in total. The van der Waals surface area contributed by atoms with Crippen molar-refractivity contribution in [2.75, 3.05) is 26.2 Å². The fourth-order valence-corrected chi connectivity index (χ4v) is 4.41. The number of rotatable bonds is 4. The molecule has 26 heavy (non-hydrogen) atoms. The summed E-state index contributed by atoms with van der Waals surface area (Å²) in [6.07, 6.45) is -4.67. The highest BCUT2D eigenvalue weighted by Gasteiger charge is 2.31. The average molecular weight is 494 g/mol. The zero-order chi connectivity index (χ0) is 17.2. The molecular weight excluding hydrogens is 476 g/mol. The quantitative estimate of drug-likeness (QED) is 0.629. The summed E-state index contributed by atoms with van der Waals surface area (Å²) in [4.78, 5) is 3.50. The van der Waals surface area contributed by atoms with E-state index in [1.54, 1.807) is 23.5 Å². The summed E-state index contributed by atoms with van der Waals surface area (Å²) in [6.45, 7) is 3.58. The van der Waals surface area contributed by atoms with Crippen LogP contribution in [0.2, 0.25) is 0 Å². The van der Waals surface area contributed by atoms with E-state index in [2.05, 4.69) is 36.9 Å². The monoisotopic (exact) mass is 492 g/mol. The molecule has 0 amide bonds. The minimum atomic E-state index is -4.67. The van der Waals surface area contributed by atoms with Crippen molar-refractivity contribution in [3.05, 3.63) is 50.6 Å². The number of hydrogen-bond donors (Lipinski definition) is 1. The third-order valence-corrected chi connectivity index (χ3v) is 5.49. The normalized spacial score (nSPS) is 16.3. The van der Waals surface area contributed by atoms with E-state index in [1.165, 1.54) is 12.1 Å². The molecule has 1 saturated heterocycles. The summed E-state index contributed by atoms with van der Waals surface area (Å²) >= 11 is 5.13. The van der Waals surface area contributed by atoms with Crippen molar-refractivity contribution < 1.29 is 17.9 Å². The minimum absolute atomic E-state index is 0. The third kappa shape index (κ3) is 6.28. The van der Waals surface area contributed by atoms with Gasteiger partial charge in [0.25, 0.3) is 0 Å². The Morgan fingerprint density at radius 1 is 1.04 bits per heavy atom. The second-order valence-corrected chi connectivity index (χ2v) is 7.94. The maximum atomic E-state index is 12.3. The molecule has 2 aromatic rings. The van der Waals surface area contributed by atoms with Gasteiger partial charge in [-0.25, -0.2) is 0 Å². The summed E-state index contributed by atoms with van der Waals surface area (Å²) in [6, 6.07) is 10.3. The molecule has 0 bridgehead atoms. The molecule has 10 heteroatoms. The predicted octanol–water partition coefficient (Wildman–Crippen LogP) is 5.25. The number of nitrogens with zero attached hydrogens (tertiary/aromatic N) is 1. The number of hydrogen-bond acceptors (Lipinski definition) is 4. The van der Waals surface area contributed by atoms with Crippen LogP contribution in [-0.2, 0) is 0 Å². The van der Waals surface area contributed by atoms with Crippen molar-refractivity contribution in [2.45, 2.75) is 12.4 Å². The molecule has 1 aliphatic heterocycles. The van der Waals surface area contributed by atoms with Crippen LogP contribution in [0.1, 0.15) is 16.5 Å². The highest BCUT2D eigenvalue weighted by molar-refractivity contribution is 9.11. The van der Waals surface area contributed by atoms with Crippen LogP contribution in [0.5, 0.6) is 5.75 Å². The van der Waals surface area contributed by atoms with E-state index in [-0.39, 0.29) is 36.6 Å². The first-order chi connectivity index (χ1) is 11.4. The lowest BCUT2D eigenvalue weighted by Gasteiger charge is -2.34. The number of piperazine rings is 1. The Labute approximate surface area is 174 Å². The van der Waals surface area contributed by atoms with Gasteiger partial charge in [-0.05, 0) is 45.8 Å². The van der Waals surface area contributed by atoms with E-state index in [0.717, 1.165) is 40.4 Å². The Morgan fingerprint density at radius 3 is 2.15 bits per heavy atom. The molecule has 0 radical (unpaired) electrons. The Bertz CT molecular complexity index is 679. The molecule has 0 unspecified atom stereocenters. The average Bonchev–Trinajstić information content (AvgIpc) is 2.95. The van der Waals surface area contributed by atoms with Gasteiger partial charge in [-0.2, -0.15) is 0 Å². The van der Waals surface area contributed by atoms with Crippen molar-refractivity contribution in [1.29, 1.82) is 0 Å². The molecule has 0 aliphatic carbocycles. The topological polar surface area (TPSA) is 24.5 Å². The fourth-order valence-electron chi connectivity index (χ4n) is 2.82. The summed E-state index contributed by atoms with van der Waals surface area (Å²) in [5, 5.41) is 3.32. The lowest BCUT2D eigenvalue weighted by Crippen LogP contribution is -2.45. The molecule has 0 saturated carbocycles. The summed E-state index contributed by atoms with van der Waals surface area (Å²) in [5.41, 5.74) is 0.959. The second kappa shape index (κ2) is 10.1. The van der Waals surface area contributed by atoms with Crippen LogP contribution in [0, 0.1) is 0 Å². The largest absolute Gasteiger partial charge is 0.573 e. The number of benzene rings is 1. The molecular formula is C16H18BrCl2F3N2OS. The van der Waals surface area contributed by atoms with Crippen molar-refractivity contribution in [3.8, 4) is 5.75 Å². The van der Waals surface area contributed by atoms with E-state index < -0.39 is 6.36 Å². The zero-order valence-corrected chi connectivity index (χ0v) is 17.5. The predicted molar refractivity (Wildman–Crippen MR) is 106 cm³/mol. The van der Waals surface area contributed by atoms with E-state index >= 15 is 0 Å². The first-order valence-corrected chi connectivity index (χ1v) is 9.09. The van der Waals surface area contributed by atoms with E-state index in [1.807, 2.05) is 6.07 Å². The molecule has 146 valence electrons. The van der Waals surface area contributed by atoms with Gasteiger partial charge in [0.15, 0.2) is 0 Å². The van der Waals surface area contributed by atoms with Crippen molar-refractivity contribution in [2.24, 2.45) is 0 Å². The minimum Gasteiger partial charge on any atom is -0.406 e. The van der Waals surface area contributed by atoms with E-state index in [0.29, 0.717) is 0 Å². The lowest BCUT2D eigenvalue weighted by atomic mass is 10.0. The van der Waals surface area contributed by atoms with Gasteiger partial charge in [-0.3, -0.25) is 4.90 Å². The third-order valence-electron chi connectivity index (χ3n) is 3.81. The Balaban J connectivity index is 0.00000169. The molecule has 1 N–H and O–H groups in total. The van der Waals surface area contributed by atoms with Crippen molar-refractivity contribution in [1.82, 2.24) is 10.2 Å². The van der Waals surface area contributed by atoms with Crippen LogP contribution in [0.4, 0.5) is 13.2 Å². The molecule has 1 aromatic carbocycles. The van der Waals surface area contributed by atoms with Crippen LogP contribution < -0.4 is 10.1 Å². The zero-order valence-electron chi connectivity index (χ0n) is 13.5. The second-order valence-electron chi connectivity index (χ2n) is 5.45. The fraction of sp³-hybridized carbons (Fsp3) is 0.375. The molecule has 1 atom stereocenters.